The molecule has 0 saturated heterocycles. The molecule has 0 atom stereocenters. The number of rotatable bonds is 4. The van der Waals surface area contributed by atoms with Gasteiger partial charge in [0.15, 0.2) is 0 Å². The number of thiazole rings is 1. The summed E-state index contributed by atoms with van der Waals surface area (Å²) in [5.41, 5.74) is 2.23. The number of aromatic nitrogens is 1. The maximum atomic E-state index is 13.5. The van der Waals surface area contributed by atoms with Crippen molar-refractivity contribution in [2.24, 2.45) is 0 Å². The molecule has 0 aliphatic heterocycles. The third-order valence-corrected chi connectivity index (χ3v) is 4.15. The quantitative estimate of drug-likeness (QED) is 0.703. The summed E-state index contributed by atoms with van der Waals surface area (Å²) in [7, 11) is 3.19. The SMILES string of the molecule is COc1ccc(F)cc1-c1csc(-c2ccccc2OC)n1. The number of methoxy groups -OCH3 is 2. The molecule has 3 aromatic rings. The highest BCUT2D eigenvalue weighted by Crippen LogP contribution is 2.37. The Balaban J connectivity index is 2.06. The van der Waals surface area contributed by atoms with Crippen LogP contribution in [0.2, 0.25) is 0 Å². The number of hydrogen-bond acceptors (Lipinski definition) is 4. The van der Waals surface area contributed by atoms with Gasteiger partial charge in [0.05, 0.1) is 25.5 Å². The van der Waals surface area contributed by atoms with Gasteiger partial charge in [0.2, 0.25) is 0 Å². The molecule has 0 N–H and O–H groups in total. The van der Waals surface area contributed by atoms with Gasteiger partial charge in [0.1, 0.15) is 22.3 Å². The van der Waals surface area contributed by atoms with Crippen molar-refractivity contribution in [2.75, 3.05) is 14.2 Å². The fraction of sp³-hybridized carbons (Fsp3) is 0.118. The van der Waals surface area contributed by atoms with Gasteiger partial charge in [0, 0.05) is 10.9 Å². The second-order valence-corrected chi connectivity index (χ2v) is 5.44. The zero-order valence-corrected chi connectivity index (χ0v) is 13.0. The van der Waals surface area contributed by atoms with Gasteiger partial charge in [-0.1, -0.05) is 12.1 Å². The molecule has 0 radical (unpaired) electrons. The summed E-state index contributed by atoms with van der Waals surface area (Å²) in [4.78, 5) is 4.60. The van der Waals surface area contributed by atoms with Crippen molar-refractivity contribution in [2.45, 2.75) is 0 Å². The summed E-state index contributed by atoms with van der Waals surface area (Å²) in [5, 5.41) is 2.71. The molecule has 5 heteroatoms. The van der Waals surface area contributed by atoms with E-state index in [1.165, 1.54) is 23.5 Å². The van der Waals surface area contributed by atoms with Crippen LogP contribution in [-0.4, -0.2) is 19.2 Å². The molecule has 0 aliphatic rings. The van der Waals surface area contributed by atoms with Crippen LogP contribution in [0, 0.1) is 5.82 Å². The van der Waals surface area contributed by atoms with Crippen molar-refractivity contribution in [3.63, 3.8) is 0 Å². The smallest absolute Gasteiger partial charge is 0.129 e. The van der Waals surface area contributed by atoms with Crippen molar-refractivity contribution < 1.29 is 13.9 Å². The first-order chi connectivity index (χ1) is 10.7. The van der Waals surface area contributed by atoms with Gasteiger partial charge >= 0.3 is 0 Å². The molecule has 22 heavy (non-hydrogen) atoms. The van der Waals surface area contributed by atoms with Crippen LogP contribution >= 0.6 is 11.3 Å². The molecule has 0 spiro atoms. The van der Waals surface area contributed by atoms with E-state index >= 15 is 0 Å². The first-order valence-corrected chi connectivity index (χ1v) is 7.53. The topological polar surface area (TPSA) is 31.4 Å². The summed E-state index contributed by atoms with van der Waals surface area (Å²) in [5.74, 6) is 1.04. The zero-order valence-electron chi connectivity index (χ0n) is 12.2. The number of ether oxygens (including phenoxy) is 2. The second kappa shape index (κ2) is 6.15. The van der Waals surface area contributed by atoms with Crippen LogP contribution in [-0.2, 0) is 0 Å². The van der Waals surface area contributed by atoms with Gasteiger partial charge in [0.25, 0.3) is 0 Å². The lowest BCUT2D eigenvalue weighted by atomic mass is 10.1. The van der Waals surface area contributed by atoms with E-state index in [4.69, 9.17) is 9.47 Å². The molecule has 3 rings (SSSR count). The molecule has 0 fully saturated rings. The van der Waals surface area contributed by atoms with E-state index in [1.54, 1.807) is 20.3 Å². The Bertz CT molecular complexity index is 801. The number of nitrogens with zero attached hydrogens (tertiary/aromatic N) is 1. The van der Waals surface area contributed by atoms with Crippen LogP contribution in [0.3, 0.4) is 0 Å². The van der Waals surface area contributed by atoms with E-state index in [2.05, 4.69) is 4.98 Å². The highest BCUT2D eigenvalue weighted by molar-refractivity contribution is 7.13. The van der Waals surface area contributed by atoms with Gasteiger partial charge in [-0.15, -0.1) is 11.3 Å². The Hall–Kier alpha value is -2.40. The van der Waals surface area contributed by atoms with E-state index in [-0.39, 0.29) is 5.82 Å². The fourth-order valence-corrected chi connectivity index (χ4v) is 3.07. The van der Waals surface area contributed by atoms with Crippen molar-refractivity contribution in [3.8, 4) is 33.3 Å². The number of hydrogen-bond donors (Lipinski definition) is 0. The maximum Gasteiger partial charge on any atom is 0.129 e. The van der Waals surface area contributed by atoms with Gasteiger partial charge in [-0.05, 0) is 30.3 Å². The van der Waals surface area contributed by atoms with Gasteiger partial charge in [-0.2, -0.15) is 0 Å². The fourth-order valence-electron chi connectivity index (χ4n) is 2.22. The Kier molecular flexibility index (Phi) is 4.06. The molecule has 1 aromatic heterocycles. The van der Waals surface area contributed by atoms with Crippen LogP contribution in [0.1, 0.15) is 0 Å². The minimum atomic E-state index is -0.317. The molecule has 2 aromatic carbocycles. The summed E-state index contributed by atoms with van der Waals surface area (Å²) in [6, 6.07) is 12.1. The monoisotopic (exact) mass is 315 g/mol. The molecule has 0 amide bonds. The lowest BCUT2D eigenvalue weighted by Crippen LogP contribution is -1.90. The summed E-state index contributed by atoms with van der Waals surface area (Å²) >= 11 is 1.48. The molecular formula is C17H14FNO2S. The van der Waals surface area contributed by atoms with Crippen molar-refractivity contribution >= 4 is 11.3 Å². The molecule has 3 nitrogen and oxygen atoms in total. The van der Waals surface area contributed by atoms with Crippen LogP contribution in [0.15, 0.2) is 47.8 Å². The molecule has 0 bridgehead atoms. The normalized spacial score (nSPS) is 10.5. The highest BCUT2D eigenvalue weighted by atomic mass is 32.1. The zero-order chi connectivity index (χ0) is 15.5. The van der Waals surface area contributed by atoms with E-state index in [0.717, 1.165) is 16.3 Å². The third kappa shape index (κ3) is 2.67. The second-order valence-electron chi connectivity index (χ2n) is 4.58. The van der Waals surface area contributed by atoms with Crippen LogP contribution in [0.25, 0.3) is 21.8 Å². The number of benzene rings is 2. The molecule has 112 valence electrons. The molecule has 0 aliphatic carbocycles. The van der Waals surface area contributed by atoms with Crippen LogP contribution in [0.5, 0.6) is 11.5 Å². The Morgan fingerprint density at radius 1 is 0.955 bits per heavy atom. The predicted octanol–water partition coefficient (Wildman–Crippen LogP) is 4.63. The average molecular weight is 315 g/mol. The summed E-state index contributed by atoms with van der Waals surface area (Å²) < 4.78 is 24.2. The van der Waals surface area contributed by atoms with E-state index in [1.807, 2.05) is 29.6 Å². The minimum absolute atomic E-state index is 0.317. The first-order valence-electron chi connectivity index (χ1n) is 6.65. The summed E-state index contributed by atoms with van der Waals surface area (Å²) in [6.45, 7) is 0. The maximum absolute atomic E-state index is 13.5. The highest BCUT2D eigenvalue weighted by Gasteiger charge is 2.14. The van der Waals surface area contributed by atoms with Crippen molar-refractivity contribution in [1.82, 2.24) is 4.98 Å². The number of para-hydroxylation sites is 1. The van der Waals surface area contributed by atoms with E-state index < -0.39 is 0 Å². The van der Waals surface area contributed by atoms with E-state index in [0.29, 0.717) is 17.0 Å². The third-order valence-electron chi connectivity index (χ3n) is 3.28. The molecule has 0 unspecified atom stereocenters. The van der Waals surface area contributed by atoms with Gasteiger partial charge < -0.3 is 9.47 Å². The van der Waals surface area contributed by atoms with Crippen molar-refractivity contribution in [1.29, 1.82) is 0 Å². The van der Waals surface area contributed by atoms with Crippen LogP contribution < -0.4 is 9.47 Å². The standard InChI is InChI=1S/C17H14FNO2S/c1-20-15-6-4-3-5-12(15)17-19-14(10-22-17)13-9-11(18)7-8-16(13)21-2/h3-10H,1-2H3. The van der Waals surface area contributed by atoms with Gasteiger partial charge in [-0.25, -0.2) is 9.37 Å². The van der Waals surface area contributed by atoms with E-state index in [9.17, 15) is 4.39 Å². The molecule has 1 heterocycles. The minimum Gasteiger partial charge on any atom is -0.496 e. The molecule has 0 saturated carbocycles. The average Bonchev–Trinajstić information content (AvgIpc) is 3.04. The molecular weight excluding hydrogens is 301 g/mol. The Morgan fingerprint density at radius 2 is 1.68 bits per heavy atom. The Morgan fingerprint density at radius 3 is 2.45 bits per heavy atom. The Labute approximate surface area is 132 Å². The predicted molar refractivity (Wildman–Crippen MR) is 86.0 cm³/mol. The van der Waals surface area contributed by atoms with Gasteiger partial charge in [-0.3, -0.25) is 0 Å². The summed E-state index contributed by atoms with van der Waals surface area (Å²) in [6.07, 6.45) is 0. The first kappa shape index (κ1) is 14.5. The lowest BCUT2D eigenvalue weighted by molar-refractivity contribution is 0.415. The number of halogens is 1. The van der Waals surface area contributed by atoms with Crippen LogP contribution in [0.4, 0.5) is 4.39 Å². The largest absolute Gasteiger partial charge is 0.496 e. The lowest BCUT2D eigenvalue weighted by Gasteiger charge is -2.06. The van der Waals surface area contributed by atoms with Crippen molar-refractivity contribution in [3.05, 3.63) is 53.7 Å².